The Morgan fingerprint density at radius 2 is 2.25 bits per heavy atom. The molecule has 1 atom stereocenters. The van der Waals surface area contributed by atoms with E-state index in [-0.39, 0.29) is 6.61 Å². The fraction of sp³-hybridized carbons (Fsp3) is 1.00. The van der Waals surface area contributed by atoms with E-state index in [1.807, 2.05) is 0 Å². The van der Waals surface area contributed by atoms with Gasteiger partial charge in [-0.05, 0) is 6.92 Å². The van der Waals surface area contributed by atoms with Gasteiger partial charge in [0, 0.05) is 0 Å². The predicted octanol–water partition coefficient (Wildman–Crippen LogP) is -0.624. The fourth-order valence-corrected chi connectivity index (χ4v) is 0.318. The Morgan fingerprint density at radius 1 is 1.62 bits per heavy atom. The minimum atomic E-state index is -0.429. The van der Waals surface area contributed by atoms with Crippen molar-refractivity contribution in [2.45, 2.75) is 13.0 Å². The van der Waals surface area contributed by atoms with Crippen molar-refractivity contribution >= 4 is 0 Å². The molecule has 0 spiro atoms. The van der Waals surface area contributed by atoms with Gasteiger partial charge in [0.25, 0.3) is 0 Å². The van der Waals surface area contributed by atoms with E-state index < -0.39 is 6.10 Å². The van der Waals surface area contributed by atoms with E-state index in [0.717, 1.165) is 0 Å². The number of ether oxygens (including phenoxy) is 1. The van der Waals surface area contributed by atoms with Crippen LogP contribution in [0.1, 0.15) is 6.92 Å². The Bertz CT molecular complexity index is 44.9. The van der Waals surface area contributed by atoms with Crippen molar-refractivity contribution in [1.82, 2.24) is 0 Å². The highest BCUT2D eigenvalue weighted by Crippen LogP contribution is 1.80. The van der Waals surface area contributed by atoms with Crippen LogP contribution in [0.15, 0.2) is 0 Å². The van der Waals surface area contributed by atoms with E-state index in [1.54, 1.807) is 6.92 Å². The third-order valence-electron chi connectivity index (χ3n) is 0.595. The first-order valence-electron chi connectivity index (χ1n) is 2.64. The molecule has 0 aliphatic heterocycles. The van der Waals surface area contributed by atoms with Gasteiger partial charge in [0.2, 0.25) is 0 Å². The number of hydrogen-bond donors (Lipinski definition) is 2. The van der Waals surface area contributed by atoms with E-state index in [0.29, 0.717) is 13.2 Å². The summed E-state index contributed by atoms with van der Waals surface area (Å²) in [7, 11) is 0. The van der Waals surface area contributed by atoms with Crippen LogP contribution in [0.25, 0.3) is 0 Å². The highest BCUT2D eigenvalue weighted by atomic mass is 16.5. The van der Waals surface area contributed by atoms with Gasteiger partial charge in [-0.2, -0.15) is 0 Å². The molecule has 0 amide bonds. The maximum Gasteiger partial charge on any atom is 0.0745 e. The zero-order valence-electron chi connectivity index (χ0n) is 5.00. The second-order valence-electron chi connectivity index (χ2n) is 1.65. The number of hydrogen-bond acceptors (Lipinski definition) is 3. The van der Waals surface area contributed by atoms with Crippen LogP contribution in [0.5, 0.6) is 0 Å². The predicted molar refractivity (Wildman–Crippen MR) is 29.6 cm³/mol. The average Bonchev–Trinajstić information content (AvgIpc) is 1.66. The van der Waals surface area contributed by atoms with Gasteiger partial charge in [-0.25, -0.2) is 0 Å². The van der Waals surface area contributed by atoms with E-state index in [1.165, 1.54) is 0 Å². The highest BCUT2D eigenvalue weighted by molar-refractivity contribution is 4.39. The largest absolute Gasteiger partial charge is 0.394 e. The van der Waals surface area contributed by atoms with E-state index in [9.17, 15) is 0 Å². The molecule has 0 rings (SSSR count). The maximum absolute atomic E-state index is 8.57. The van der Waals surface area contributed by atoms with Gasteiger partial charge in [-0.1, -0.05) is 0 Å². The van der Waals surface area contributed by atoms with Crippen LogP contribution >= 0.6 is 0 Å². The molecule has 0 aromatic carbocycles. The van der Waals surface area contributed by atoms with Gasteiger partial charge in [-0.15, -0.1) is 0 Å². The number of rotatable bonds is 4. The van der Waals surface area contributed by atoms with Gasteiger partial charge in [0.05, 0.1) is 25.9 Å². The van der Waals surface area contributed by atoms with Crippen LogP contribution in [0.4, 0.5) is 0 Å². The molecule has 0 aromatic heterocycles. The summed E-state index contributed by atoms with van der Waals surface area (Å²) in [5.74, 6) is 0. The molecule has 0 saturated heterocycles. The summed E-state index contributed by atoms with van der Waals surface area (Å²) in [6, 6.07) is 0. The van der Waals surface area contributed by atoms with Crippen LogP contribution in [0.3, 0.4) is 0 Å². The zero-order valence-corrected chi connectivity index (χ0v) is 5.00. The smallest absolute Gasteiger partial charge is 0.0745 e. The van der Waals surface area contributed by atoms with Crippen LogP contribution in [-0.2, 0) is 4.74 Å². The lowest BCUT2D eigenvalue weighted by Gasteiger charge is -2.02. The molecule has 1 unspecified atom stereocenters. The molecular formula is C5H12O3. The summed E-state index contributed by atoms with van der Waals surface area (Å²) < 4.78 is 4.74. The van der Waals surface area contributed by atoms with Crippen LogP contribution in [0.2, 0.25) is 0 Å². The molecule has 0 bridgehead atoms. The lowest BCUT2D eigenvalue weighted by molar-refractivity contribution is 0.0292. The zero-order chi connectivity index (χ0) is 6.41. The molecular weight excluding hydrogens is 108 g/mol. The van der Waals surface area contributed by atoms with Gasteiger partial charge >= 0.3 is 0 Å². The number of aliphatic hydroxyl groups excluding tert-OH is 2. The van der Waals surface area contributed by atoms with Crippen molar-refractivity contribution in [1.29, 1.82) is 0 Å². The molecule has 50 valence electrons. The molecule has 0 saturated carbocycles. The normalized spacial score (nSPS) is 13.9. The topological polar surface area (TPSA) is 49.7 Å². The van der Waals surface area contributed by atoms with Crippen molar-refractivity contribution in [3.8, 4) is 0 Å². The standard InChI is InChI=1S/C5H12O3/c1-5(7)4-8-3-2-6/h5-7H,2-4H2,1H3. The molecule has 8 heavy (non-hydrogen) atoms. The second kappa shape index (κ2) is 5.03. The summed E-state index contributed by atoms with van der Waals surface area (Å²) in [5, 5.41) is 16.7. The third-order valence-corrected chi connectivity index (χ3v) is 0.595. The van der Waals surface area contributed by atoms with Crippen LogP contribution < -0.4 is 0 Å². The first-order chi connectivity index (χ1) is 3.77. The molecule has 0 aliphatic rings. The molecule has 3 nitrogen and oxygen atoms in total. The molecule has 0 fully saturated rings. The molecule has 3 heteroatoms. The molecule has 0 aromatic rings. The van der Waals surface area contributed by atoms with Crippen molar-refractivity contribution in [3.05, 3.63) is 0 Å². The summed E-state index contributed by atoms with van der Waals surface area (Å²) in [6.07, 6.45) is -0.429. The van der Waals surface area contributed by atoms with E-state index >= 15 is 0 Å². The van der Waals surface area contributed by atoms with Crippen LogP contribution in [-0.4, -0.2) is 36.1 Å². The summed E-state index contributed by atoms with van der Waals surface area (Å²) >= 11 is 0. The SMILES string of the molecule is CC(O)COCCO. The lowest BCUT2D eigenvalue weighted by atomic mass is 10.4. The van der Waals surface area contributed by atoms with E-state index in [2.05, 4.69) is 0 Å². The van der Waals surface area contributed by atoms with Gasteiger partial charge < -0.3 is 14.9 Å². The minimum Gasteiger partial charge on any atom is -0.394 e. The molecule has 0 radical (unpaired) electrons. The first-order valence-corrected chi connectivity index (χ1v) is 2.64. The van der Waals surface area contributed by atoms with Gasteiger partial charge in [-0.3, -0.25) is 0 Å². The summed E-state index contributed by atoms with van der Waals surface area (Å²) in [5.41, 5.74) is 0. The molecule has 0 heterocycles. The second-order valence-corrected chi connectivity index (χ2v) is 1.65. The van der Waals surface area contributed by atoms with E-state index in [4.69, 9.17) is 14.9 Å². The first kappa shape index (κ1) is 7.88. The van der Waals surface area contributed by atoms with Crippen molar-refractivity contribution in [2.24, 2.45) is 0 Å². The Balaban J connectivity index is 2.72. The third kappa shape index (κ3) is 5.88. The Hall–Kier alpha value is -0.120. The van der Waals surface area contributed by atoms with Gasteiger partial charge in [0.1, 0.15) is 0 Å². The van der Waals surface area contributed by atoms with Gasteiger partial charge in [0.15, 0.2) is 0 Å². The van der Waals surface area contributed by atoms with Crippen molar-refractivity contribution in [2.75, 3.05) is 19.8 Å². The molecule has 2 N–H and O–H groups in total. The Labute approximate surface area is 48.9 Å². The Kier molecular flexibility index (Phi) is 4.95. The van der Waals surface area contributed by atoms with Crippen molar-refractivity contribution in [3.63, 3.8) is 0 Å². The van der Waals surface area contributed by atoms with Crippen LogP contribution in [0, 0.1) is 0 Å². The highest BCUT2D eigenvalue weighted by Gasteiger charge is 1.91. The minimum absolute atomic E-state index is 0.0206. The Morgan fingerprint density at radius 3 is 2.62 bits per heavy atom. The monoisotopic (exact) mass is 120 g/mol. The average molecular weight is 120 g/mol. The van der Waals surface area contributed by atoms with Crippen molar-refractivity contribution < 1.29 is 14.9 Å². The summed E-state index contributed by atoms with van der Waals surface area (Å²) in [6.45, 7) is 2.27. The fourth-order valence-electron chi connectivity index (χ4n) is 0.318. The summed E-state index contributed by atoms with van der Waals surface area (Å²) in [4.78, 5) is 0. The number of aliphatic hydroxyl groups is 2. The quantitative estimate of drug-likeness (QED) is 0.486. The maximum atomic E-state index is 8.57. The lowest BCUT2D eigenvalue weighted by Crippen LogP contribution is -2.12. The molecule has 0 aliphatic carbocycles.